The number of hydrogen-bond donors (Lipinski definition) is 2. The van der Waals surface area contributed by atoms with E-state index in [1.165, 1.54) is 24.3 Å². The average molecular weight is 296 g/mol. The fourth-order valence-electron chi connectivity index (χ4n) is 1.75. The second-order valence-corrected chi connectivity index (χ2v) is 5.97. The van der Waals surface area contributed by atoms with Crippen molar-refractivity contribution in [2.24, 2.45) is 0 Å². The number of pyridine rings is 1. The molecule has 0 saturated carbocycles. The number of halogens is 1. The topological polar surface area (TPSA) is 79.0 Å². The first-order chi connectivity index (χ1) is 9.40. The fourth-order valence-corrected chi connectivity index (χ4v) is 2.94. The van der Waals surface area contributed by atoms with Crippen molar-refractivity contribution >= 4 is 10.0 Å². The zero-order chi connectivity index (χ0) is 14.8. The highest BCUT2D eigenvalue weighted by Gasteiger charge is 2.20. The van der Waals surface area contributed by atoms with Gasteiger partial charge in [0.25, 0.3) is 0 Å². The Balaban J connectivity index is 2.27. The lowest BCUT2D eigenvalue weighted by Gasteiger charge is -2.15. The number of nitrogens with one attached hydrogen (secondary N) is 2. The zero-order valence-electron chi connectivity index (χ0n) is 10.6. The molecule has 5 nitrogen and oxygen atoms in total. The lowest BCUT2D eigenvalue weighted by molar-refractivity contribution is 0.549. The van der Waals surface area contributed by atoms with E-state index in [0.29, 0.717) is 0 Å². The van der Waals surface area contributed by atoms with E-state index in [1.54, 1.807) is 13.0 Å². The fraction of sp³-hybridized carbons (Fsp3) is 0.154. The summed E-state index contributed by atoms with van der Waals surface area (Å²) >= 11 is 0. The summed E-state index contributed by atoms with van der Waals surface area (Å²) in [6.07, 6.45) is 1.10. The second-order valence-electron chi connectivity index (χ2n) is 4.25. The molecule has 7 heteroatoms. The summed E-state index contributed by atoms with van der Waals surface area (Å²) in [5, 5.41) is 0. The molecule has 106 valence electrons. The van der Waals surface area contributed by atoms with Gasteiger partial charge >= 0.3 is 0 Å². The molecule has 1 aromatic carbocycles. The van der Waals surface area contributed by atoms with Gasteiger partial charge in [-0.2, -0.15) is 0 Å². The largest absolute Gasteiger partial charge is 0.328 e. The summed E-state index contributed by atoms with van der Waals surface area (Å²) in [6, 6.07) is 7.51. The maximum Gasteiger partial charge on any atom is 0.247 e. The van der Waals surface area contributed by atoms with E-state index in [1.807, 2.05) is 0 Å². The minimum Gasteiger partial charge on any atom is -0.328 e. The van der Waals surface area contributed by atoms with E-state index in [2.05, 4.69) is 9.71 Å². The Morgan fingerprint density at radius 1 is 1.20 bits per heavy atom. The predicted molar refractivity (Wildman–Crippen MR) is 72.2 cm³/mol. The summed E-state index contributed by atoms with van der Waals surface area (Å²) in [4.78, 5) is 13.1. The molecule has 0 aliphatic rings. The van der Waals surface area contributed by atoms with E-state index >= 15 is 0 Å². The Kier molecular flexibility index (Phi) is 4.01. The van der Waals surface area contributed by atoms with Gasteiger partial charge in [-0.25, -0.2) is 17.5 Å². The minimum atomic E-state index is -3.83. The molecule has 2 rings (SSSR count). The first-order valence-corrected chi connectivity index (χ1v) is 7.34. The monoisotopic (exact) mass is 296 g/mol. The molecular weight excluding hydrogens is 283 g/mol. The van der Waals surface area contributed by atoms with Crippen molar-refractivity contribution in [2.75, 3.05) is 0 Å². The van der Waals surface area contributed by atoms with Crippen LogP contribution in [0.1, 0.15) is 18.5 Å². The summed E-state index contributed by atoms with van der Waals surface area (Å²) in [5.41, 5.74) is -0.147. The number of rotatable bonds is 4. The Labute approximate surface area is 115 Å². The number of hydrogen-bond acceptors (Lipinski definition) is 3. The van der Waals surface area contributed by atoms with Crippen LogP contribution in [0.5, 0.6) is 0 Å². The normalized spacial score (nSPS) is 13.1. The highest BCUT2D eigenvalue weighted by atomic mass is 32.2. The Hall–Kier alpha value is -1.99. The van der Waals surface area contributed by atoms with Gasteiger partial charge in [0.2, 0.25) is 15.6 Å². The summed E-state index contributed by atoms with van der Waals surface area (Å²) in [5.74, 6) is -0.482. The van der Waals surface area contributed by atoms with Crippen molar-refractivity contribution in [2.45, 2.75) is 17.9 Å². The molecule has 2 aromatic rings. The van der Waals surface area contributed by atoms with Gasteiger partial charge in [-0.05, 0) is 19.1 Å². The van der Waals surface area contributed by atoms with Gasteiger partial charge in [0.05, 0.1) is 4.90 Å². The number of aromatic amines is 1. The smallest absolute Gasteiger partial charge is 0.247 e. The van der Waals surface area contributed by atoms with Crippen LogP contribution in [0.4, 0.5) is 4.39 Å². The number of H-pyrrole nitrogens is 1. The van der Waals surface area contributed by atoms with Crippen molar-refractivity contribution in [3.63, 3.8) is 0 Å². The molecule has 0 bridgehead atoms. The van der Waals surface area contributed by atoms with Crippen LogP contribution in [0.2, 0.25) is 0 Å². The van der Waals surface area contributed by atoms with Gasteiger partial charge in [0.1, 0.15) is 5.82 Å². The molecule has 0 spiro atoms. The van der Waals surface area contributed by atoms with Gasteiger partial charge in [0.15, 0.2) is 0 Å². The molecule has 1 heterocycles. The van der Waals surface area contributed by atoms with Crippen molar-refractivity contribution in [1.82, 2.24) is 9.71 Å². The molecule has 0 fully saturated rings. The van der Waals surface area contributed by atoms with E-state index in [-0.39, 0.29) is 10.5 Å². The van der Waals surface area contributed by atoms with Gasteiger partial charge in [0, 0.05) is 23.9 Å². The third-order valence-electron chi connectivity index (χ3n) is 2.77. The Bertz CT molecular complexity index is 751. The number of sulfonamides is 1. The van der Waals surface area contributed by atoms with E-state index in [4.69, 9.17) is 0 Å². The maximum absolute atomic E-state index is 13.6. The van der Waals surface area contributed by atoms with Crippen LogP contribution in [0.15, 0.2) is 52.3 Å². The molecule has 0 aliphatic heterocycles. The van der Waals surface area contributed by atoms with Crippen LogP contribution in [0, 0.1) is 5.82 Å². The summed E-state index contributed by atoms with van der Waals surface area (Å²) in [6.45, 7) is 1.54. The van der Waals surface area contributed by atoms with E-state index < -0.39 is 27.4 Å². The van der Waals surface area contributed by atoms with Gasteiger partial charge in [-0.1, -0.05) is 18.2 Å². The van der Waals surface area contributed by atoms with Crippen molar-refractivity contribution < 1.29 is 12.8 Å². The van der Waals surface area contributed by atoms with Gasteiger partial charge in [-0.3, -0.25) is 4.79 Å². The molecule has 1 unspecified atom stereocenters. The summed E-state index contributed by atoms with van der Waals surface area (Å²) < 4.78 is 40.1. The minimum absolute atomic E-state index is 0.0831. The third-order valence-corrected chi connectivity index (χ3v) is 4.31. The zero-order valence-corrected chi connectivity index (χ0v) is 11.4. The Morgan fingerprint density at radius 2 is 1.90 bits per heavy atom. The lowest BCUT2D eigenvalue weighted by atomic mass is 10.1. The average Bonchev–Trinajstić information content (AvgIpc) is 2.39. The van der Waals surface area contributed by atoms with Crippen LogP contribution >= 0.6 is 0 Å². The SMILES string of the molecule is CC(NS(=O)(=O)c1ccc(=O)[nH]c1)c1ccccc1F. The molecule has 20 heavy (non-hydrogen) atoms. The van der Waals surface area contributed by atoms with Crippen molar-refractivity contribution in [3.05, 3.63) is 64.3 Å². The first-order valence-electron chi connectivity index (χ1n) is 5.85. The molecular formula is C13H13FN2O3S. The van der Waals surface area contributed by atoms with E-state index in [0.717, 1.165) is 12.3 Å². The van der Waals surface area contributed by atoms with Crippen LogP contribution in [-0.2, 0) is 10.0 Å². The molecule has 0 aliphatic carbocycles. The second kappa shape index (κ2) is 5.56. The molecule has 0 amide bonds. The van der Waals surface area contributed by atoms with Crippen molar-refractivity contribution in [3.8, 4) is 0 Å². The molecule has 0 radical (unpaired) electrons. The van der Waals surface area contributed by atoms with Crippen molar-refractivity contribution in [1.29, 1.82) is 0 Å². The van der Waals surface area contributed by atoms with Crippen LogP contribution in [0.25, 0.3) is 0 Å². The van der Waals surface area contributed by atoms with Crippen LogP contribution in [0.3, 0.4) is 0 Å². The number of aromatic nitrogens is 1. The molecule has 1 aromatic heterocycles. The highest BCUT2D eigenvalue weighted by Crippen LogP contribution is 2.18. The molecule has 2 N–H and O–H groups in total. The highest BCUT2D eigenvalue weighted by molar-refractivity contribution is 7.89. The Morgan fingerprint density at radius 3 is 2.50 bits per heavy atom. The quantitative estimate of drug-likeness (QED) is 0.898. The standard InChI is InChI=1S/C13H13FN2O3S/c1-9(11-4-2-3-5-12(11)14)16-20(18,19)10-6-7-13(17)15-8-10/h2-9,16H,1H3,(H,15,17). The third kappa shape index (κ3) is 3.12. The number of benzene rings is 1. The molecule has 0 saturated heterocycles. The molecule has 1 atom stereocenters. The van der Waals surface area contributed by atoms with Crippen LogP contribution < -0.4 is 10.3 Å². The summed E-state index contributed by atoms with van der Waals surface area (Å²) in [7, 11) is -3.83. The van der Waals surface area contributed by atoms with E-state index in [9.17, 15) is 17.6 Å². The van der Waals surface area contributed by atoms with Crippen LogP contribution in [-0.4, -0.2) is 13.4 Å². The lowest BCUT2D eigenvalue weighted by Crippen LogP contribution is -2.28. The van der Waals surface area contributed by atoms with Gasteiger partial charge < -0.3 is 4.98 Å². The predicted octanol–water partition coefficient (Wildman–Crippen LogP) is 1.55. The first kappa shape index (κ1) is 14.4. The van der Waals surface area contributed by atoms with Gasteiger partial charge in [-0.15, -0.1) is 0 Å². The maximum atomic E-state index is 13.6.